The molecule has 174 valence electrons. The number of ether oxygens (including phenoxy) is 1. The first-order valence-electron chi connectivity index (χ1n) is 10.7. The number of aliphatic carboxylic acids is 1. The number of halogens is 2. The summed E-state index contributed by atoms with van der Waals surface area (Å²) in [5.74, 6) is -2.98. The number of fused-ring (bicyclic) bond motifs is 2. The van der Waals surface area contributed by atoms with Crippen molar-refractivity contribution in [3.8, 4) is 5.75 Å². The van der Waals surface area contributed by atoms with Gasteiger partial charge in [0.2, 0.25) is 0 Å². The Morgan fingerprint density at radius 1 is 1.18 bits per heavy atom. The maximum atomic E-state index is 14.3. The number of anilines is 1. The number of nitrogens with zero attached hydrogens (tertiary/aromatic N) is 2. The minimum atomic E-state index is -1.22. The summed E-state index contributed by atoms with van der Waals surface area (Å²) < 4.78 is 33.9. The lowest BCUT2D eigenvalue weighted by atomic mass is 9.94. The van der Waals surface area contributed by atoms with Crippen LogP contribution in [0.3, 0.4) is 0 Å². The Morgan fingerprint density at radius 2 is 1.97 bits per heavy atom. The lowest BCUT2D eigenvalue weighted by Crippen LogP contribution is -2.33. The van der Waals surface area contributed by atoms with Crippen LogP contribution < -0.4 is 9.64 Å². The molecule has 2 aromatic rings. The molecule has 0 unspecified atom stereocenters. The van der Waals surface area contributed by atoms with E-state index in [0.717, 1.165) is 40.6 Å². The summed E-state index contributed by atoms with van der Waals surface area (Å²) in [5.41, 5.74) is 4.31. The largest absolute Gasteiger partial charge is 0.490 e. The molecular weight excluding hydrogens is 434 g/mol. The van der Waals surface area contributed by atoms with E-state index in [4.69, 9.17) is 14.7 Å². The molecule has 2 aliphatic heterocycles. The predicted molar refractivity (Wildman–Crippen MR) is 116 cm³/mol. The van der Waals surface area contributed by atoms with Gasteiger partial charge in [0.15, 0.2) is 11.6 Å². The number of carbonyl (C=O) groups is 2. The summed E-state index contributed by atoms with van der Waals surface area (Å²) >= 11 is 0. The summed E-state index contributed by atoms with van der Waals surface area (Å²) in [7, 11) is 0. The molecule has 0 atom stereocenters. The number of hydrogen-bond acceptors (Lipinski definition) is 6. The average molecular weight is 458 g/mol. The fraction of sp³-hybridized carbons (Fsp3) is 0.333. The molecular formula is C24H24F2N2O5. The van der Waals surface area contributed by atoms with Gasteiger partial charge in [-0.15, -0.1) is 5.06 Å². The van der Waals surface area contributed by atoms with Crippen molar-refractivity contribution in [2.75, 3.05) is 31.1 Å². The number of carbonyl (C=O) groups excluding carboxylic acids is 1. The van der Waals surface area contributed by atoms with Crippen LogP contribution >= 0.6 is 0 Å². The summed E-state index contributed by atoms with van der Waals surface area (Å²) in [5, 5.41) is 10.2. The minimum absolute atomic E-state index is 0.221. The van der Waals surface area contributed by atoms with Gasteiger partial charge in [-0.1, -0.05) is 12.1 Å². The molecule has 2 aliphatic rings. The third-order valence-electron chi connectivity index (χ3n) is 5.88. The van der Waals surface area contributed by atoms with Crippen LogP contribution in [-0.2, 0) is 33.8 Å². The third-order valence-corrected chi connectivity index (χ3v) is 5.88. The van der Waals surface area contributed by atoms with E-state index in [0.29, 0.717) is 44.8 Å². The fourth-order valence-corrected chi connectivity index (χ4v) is 4.35. The smallest absolute Gasteiger partial charge is 0.349 e. The van der Waals surface area contributed by atoms with Crippen LogP contribution in [0.15, 0.2) is 36.4 Å². The van der Waals surface area contributed by atoms with Gasteiger partial charge in [-0.25, -0.2) is 18.4 Å². The molecule has 1 N–H and O–H groups in total. The van der Waals surface area contributed by atoms with E-state index in [2.05, 4.69) is 0 Å². The van der Waals surface area contributed by atoms with Gasteiger partial charge in [-0.05, 0) is 48.6 Å². The fourth-order valence-electron chi connectivity index (χ4n) is 4.35. The van der Waals surface area contributed by atoms with Gasteiger partial charge >= 0.3 is 11.9 Å². The van der Waals surface area contributed by atoms with E-state index in [-0.39, 0.29) is 12.1 Å². The number of carboxylic acid groups (broad SMARTS) is 1. The molecule has 0 radical (unpaired) electrons. The summed E-state index contributed by atoms with van der Waals surface area (Å²) in [4.78, 5) is 29.7. The summed E-state index contributed by atoms with van der Waals surface area (Å²) in [6.07, 6.45) is 2.83. The van der Waals surface area contributed by atoms with E-state index in [9.17, 15) is 18.4 Å². The highest BCUT2D eigenvalue weighted by molar-refractivity contribution is 5.90. The second-order valence-electron chi connectivity index (χ2n) is 7.98. The Bertz CT molecular complexity index is 1120. The third kappa shape index (κ3) is 4.98. The molecule has 4 rings (SSSR count). The first-order valence-corrected chi connectivity index (χ1v) is 10.7. The SMILES string of the molecule is Cc1c2c(cc3c1N(Cc1cccc(F)c1F)CCO3)CCN(OC(=O)/C=C/C(=O)O)CC2. The molecule has 0 aliphatic carbocycles. The topological polar surface area (TPSA) is 79.3 Å². The predicted octanol–water partition coefficient (Wildman–Crippen LogP) is 3.17. The first-order chi connectivity index (χ1) is 15.8. The highest BCUT2D eigenvalue weighted by Gasteiger charge is 2.27. The van der Waals surface area contributed by atoms with Crippen LogP contribution in [0.25, 0.3) is 0 Å². The van der Waals surface area contributed by atoms with Crippen LogP contribution in [0.5, 0.6) is 5.75 Å². The van der Waals surface area contributed by atoms with Crippen LogP contribution in [0.2, 0.25) is 0 Å². The molecule has 0 spiro atoms. The number of hydrogen-bond donors (Lipinski definition) is 1. The lowest BCUT2D eigenvalue weighted by molar-refractivity contribution is -0.183. The number of benzene rings is 2. The van der Waals surface area contributed by atoms with Crippen LogP contribution in [0.4, 0.5) is 14.5 Å². The molecule has 2 aromatic carbocycles. The van der Waals surface area contributed by atoms with Crippen LogP contribution in [0.1, 0.15) is 22.3 Å². The molecule has 0 aromatic heterocycles. The minimum Gasteiger partial charge on any atom is -0.490 e. The number of hydroxylamine groups is 2. The molecule has 9 heteroatoms. The van der Waals surface area contributed by atoms with Crippen molar-refractivity contribution in [1.82, 2.24) is 5.06 Å². The van der Waals surface area contributed by atoms with Crippen LogP contribution in [-0.4, -0.2) is 48.3 Å². The van der Waals surface area contributed by atoms with Crippen molar-refractivity contribution in [1.29, 1.82) is 0 Å². The van der Waals surface area contributed by atoms with E-state index >= 15 is 0 Å². The van der Waals surface area contributed by atoms with Gasteiger partial charge < -0.3 is 19.6 Å². The first kappa shape index (κ1) is 22.7. The van der Waals surface area contributed by atoms with Gasteiger partial charge in [0.1, 0.15) is 12.4 Å². The van der Waals surface area contributed by atoms with Crippen LogP contribution in [0, 0.1) is 18.6 Å². The molecule has 7 nitrogen and oxygen atoms in total. The monoisotopic (exact) mass is 458 g/mol. The molecule has 0 amide bonds. The second kappa shape index (κ2) is 9.58. The van der Waals surface area contributed by atoms with Crippen molar-refractivity contribution in [3.63, 3.8) is 0 Å². The molecule has 0 saturated heterocycles. The second-order valence-corrected chi connectivity index (χ2v) is 7.98. The highest BCUT2D eigenvalue weighted by Crippen LogP contribution is 2.40. The molecule has 33 heavy (non-hydrogen) atoms. The van der Waals surface area contributed by atoms with E-state index in [1.807, 2.05) is 17.9 Å². The standard InChI is InChI=1S/C24H24F2N2O5/c1-15-18-8-10-28(33-22(31)6-5-21(29)30)9-7-16(18)13-20-24(15)27(11-12-32-20)14-17-3-2-4-19(25)23(17)26/h2-6,13H,7-12,14H2,1H3,(H,29,30)/b6-5+. The maximum Gasteiger partial charge on any atom is 0.349 e. The Hall–Kier alpha value is -3.46. The quantitative estimate of drug-likeness (QED) is 0.690. The zero-order chi connectivity index (χ0) is 23.5. The van der Waals surface area contributed by atoms with Gasteiger partial charge in [0.05, 0.1) is 12.2 Å². The lowest BCUT2D eigenvalue weighted by Gasteiger charge is -2.34. The number of carboxylic acids is 1. The molecule has 0 bridgehead atoms. The maximum absolute atomic E-state index is 14.3. The average Bonchev–Trinajstić information content (AvgIpc) is 2.98. The Kier molecular flexibility index (Phi) is 6.60. The zero-order valence-electron chi connectivity index (χ0n) is 18.1. The molecule has 0 fully saturated rings. The summed E-state index contributed by atoms with van der Waals surface area (Å²) in [6.45, 7) is 4.08. The Labute approximate surface area is 189 Å². The zero-order valence-corrected chi connectivity index (χ0v) is 18.1. The van der Waals surface area contributed by atoms with Crippen molar-refractivity contribution in [2.45, 2.75) is 26.3 Å². The Morgan fingerprint density at radius 3 is 2.76 bits per heavy atom. The van der Waals surface area contributed by atoms with E-state index in [1.54, 1.807) is 6.07 Å². The van der Waals surface area contributed by atoms with Gasteiger partial charge in [-0.2, -0.15) is 0 Å². The van der Waals surface area contributed by atoms with Gasteiger partial charge in [-0.3, -0.25) is 0 Å². The normalized spacial score (nSPS) is 16.0. The van der Waals surface area contributed by atoms with Gasteiger partial charge in [0.25, 0.3) is 0 Å². The summed E-state index contributed by atoms with van der Waals surface area (Å²) in [6, 6.07) is 6.16. The van der Waals surface area contributed by atoms with E-state index < -0.39 is 23.6 Å². The highest BCUT2D eigenvalue weighted by atomic mass is 19.2. The molecule has 2 heterocycles. The van der Waals surface area contributed by atoms with Crippen molar-refractivity contribution in [3.05, 3.63) is 70.3 Å². The van der Waals surface area contributed by atoms with Gasteiger partial charge in [0, 0.05) is 37.3 Å². The number of rotatable bonds is 5. The van der Waals surface area contributed by atoms with E-state index in [1.165, 1.54) is 11.1 Å². The molecule has 0 saturated carbocycles. The van der Waals surface area contributed by atoms with Crippen molar-refractivity contribution in [2.24, 2.45) is 0 Å². The van der Waals surface area contributed by atoms with Crippen molar-refractivity contribution >= 4 is 17.6 Å². The Balaban J connectivity index is 1.56. The van der Waals surface area contributed by atoms with Crippen molar-refractivity contribution < 1.29 is 33.1 Å².